The Bertz CT molecular complexity index is 267. The van der Waals surface area contributed by atoms with Crippen LogP contribution in [-0.2, 0) is 27.2 Å². The molecule has 0 saturated carbocycles. The van der Waals surface area contributed by atoms with Gasteiger partial charge >= 0.3 is 5.97 Å². The maximum atomic E-state index is 10.3. The van der Waals surface area contributed by atoms with Crippen LogP contribution in [0.3, 0.4) is 0 Å². The van der Waals surface area contributed by atoms with Crippen molar-refractivity contribution in [3.8, 4) is 0 Å². The second kappa shape index (κ2) is 19.0. The summed E-state index contributed by atoms with van der Waals surface area (Å²) in [4.78, 5) is 10.3. The molecule has 2 N–H and O–H groups in total. The summed E-state index contributed by atoms with van der Waals surface area (Å²) < 4.78 is 0. The van der Waals surface area contributed by atoms with Gasteiger partial charge in [0.25, 0.3) is 0 Å². The Labute approximate surface area is 152 Å². The summed E-state index contributed by atoms with van der Waals surface area (Å²) in [6.45, 7) is 2.20. The predicted octanol–water partition coefficient (Wildman–Crippen LogP) is 5.08. The molecular weight excluding hydrogens is 461 g/mol. The molecule has 0 aromatic rings. The van der Waals surface area contributed by atoms with E-state index >= 15 is 0 Å². The number of carboxylic acid groups (broad SMARTS) is 1. The SMILES string of the molecule is CCCCCCC(O)C/C=C\CCCCCCCC(=O)O.[Au]. The van der Waals surface area contributed by atoms with E-state index in [9.17, 15) is 9.90 Å². The van der Waals surface area contributed by atoms with Gasteiger partial charge in [-0.2, -0.15) is 0 Å². The molecule has 1 atom stereocenters. The van der Waals surface area contributed by atoms with E-state index in [4.69, 9.17) is 5.11 Å². The van der Waals surface area contributed by atoms with Gasteiger partial charge in [-0.15, -0.1) is 0 Å². The van der Waals surface area contributed by atoms with E-state index < -0.39 is 5.97 Å². The fourth-order valence-electron chi connectivity index (χ4n) is 2.36. The van der Waals surface area contributed by atoms with Crippen molar-refractivity contribution in [2.45, 2.75) is 96.5 Å². The number of rotatable bonds is 15. The van der Waals surface area contributed by atoms with Gasteiger partial charge < -0.3 is 10.2 Å². The van der Waals surface area contributed by atoms with Crippen molar-refractivity contribution < 1.29 is 37.4 Å². The van der Waals surface area contributed by atoms with Gasteiger partial charge in [0, 0.05) is 28.8 Å². The zero-order valence-electron chi connectivity index (χ0n) is 14.0. The molecule has 0 bridgehead atoms. The molecule has 0 rings (SSSR count). The summed E-state index contributed by atoms with van der Waals surface area (Å²) in [5, 5.41) is 18.3. The molecule has 3 nitrogen and oxygen atoms in total. The zero-order valence-corrected chi connectivity index (χ0v) is 16.2. The monoisotopic (exact) mass is 495 g/mol. The summed E-state index contributed by atoms with van der Waals surface area (Å²) in [5.41, 5.74) is 0. The van der Waals surface area contributed by atoms with Crippen molar-refractivity contribution >= 4 is 5.97 Å². The summed E-state index contributed by atoms with van der Waals surface area (Å²) in [6.07, 6.45) is 17.4. The minimum absolute atomic E-state index is 0. The molecule has 0 heterocycles. The first-order valence-corrected chi connectivity index (χ1v) is 8.71. The van der Waals surface area contributed by atoms with Gasteiger partial charge in [0.15, 0.2) is 0 Å². The Hall–Kier alpha value is -0.0897. The minimum Gasteiger partial charge on any atom is -0.481 e. The molecule has 0 aromatic carbocycles. The molecule has 0 aliphatic heterocycles. The van der Waals surface area contributed by atoms with Gasteiger partial charge in [0.05, 0.1) is 6.10 Å². The summed E-state index contributed by atoms with van der Waals surface area (Å²) in [7, 11) is 0. The zero-order chi connectivity index (χ0) is 15.8. The van der Waals surface area contributed by atoms with E-state index in [-0.39, 0.29) is 28.5 Å². The summed E-state index contributed by atoms with van der Waals surface area (Å²) >= 11 is 0. The molecule has 1 unspecified atom stereocenters. The molecular formula is C18H34AuO3. The van der Waals surface area contributed by atoms with E-state index in [1.54, 1.807) is 0 Å². The van der Waals surface area contributed by atoms with Crippen LogP contribution in [0.15, 0.2) is 12.2 Å². The number of aliphatic hydroxyl groups excluding tert-OH is 1. The van der Waals surface area contributed by atoms with E-state index in [1.165, 1.54) is 25.7 Å². The molecule has 4 heteroatoms. The molecule has 0 saturated heterocycles. The van der Waals surface area contributed by atoms with E-state index in [1.807, 2.05) is 0 Å². The standard InChI is InChI=1S/C18H34O3.Au/c1-2-3-4-11-14-17(19)15-12-9-7-5-6-8-10-13-16-18(20)21;/h9,12,17,19H,2-8,10-11,13-16H2,1H3,(H,20,21);/b12-9-;. The van der Waals surface area contributed by atoms with E-state index in [2.05, 4.69) is 19.1 Å². The fourth-order valence-corrected chi connectivity index (χ4v) is 2.36. The molecule has 0 aliphatic carbocycles. The van der Waals surface area contributed by atoms with Crippen molar-refractivity contribution in [2.24, 2.45) is 0 Å². The van der Waals surface area contributed by atoms with Crippen LogP contribution in [0.2, 0.25) is 0 Å². The number of carboxylic acids is 1. The Morgan fingerprint density at radius 1 is 0.955 bits per heavy atom. The van der Waals surface area contributed by atoms with Gasteiger partial charge in [0.2, 0.25) is 0 Å². The third-order valence-electron chi connectivity index (χ3n) is 3.73. The van der Waals surface area contributed by atoms with Crippen molar-refractivity contribution in [1.29, 1.82) is 0 Å². The number of unbranched alkanes of at least 4 members (excludes halogenated alkanes) is 8. The quantitative estimate of drug-likeness (QED) is 0.189. The number of carbonyl (C=O) groups is 1. The molecule has 22 heavy (non-hydrogen) atoms. The smallest absolute Gasteiger partial charge is 0.303 e. The fraction of sp³-hybridized carbons (Fsp3) is 0.833. The van der Waals surface area contributed by atoms with Gasteiger partial charge in [0.1, 0.15) is 0 Å². The Morgan fingerprint density at radius 2 is 1.59 bits per heavy atom. The van der Waals surface area contributed by atoms with Crippen LogP contribution < -0.4 is 0 Å². The van der Waals surface area contributed by atoms with Gasteiger partial charge in [-0.05, 0) is 32.1 Å². The van der Waals surface area contributed by atoms with Crippen molar-refractivity contribution in [1.82, 2.24) is 0 Å². The molecule has 0 aliphatic rings. The maximum Gasteiger partial charge on any atom is 0.303 e. The van der Waals surface area contributed by atoms with Gasteiger partial charge in [-0.3, -0.25) is 4.79 Å². The molecule has 0 spiro atoms. The van der Waals surface area contributed by atoms with Crippen LogP contribution in [0, 0.1) is 0 Å². The Kier molecular flexibility index (Phi) is 20.8. The normalized spacial score (nSPS) is 12.3. The number of aliphatic hydroxyl groups is 1. The van der Waals surface area contributed by atoms with Crippen LogP contribution in [0.4, 0.5) is 0 Å². The van der Waals surface area contributed by atoms with Gasteiger partial charge in [-0.25, -0.2) is 0 Å². The Balaban J connectivity index is 0. The second-order valence-corrected chi connectivity index (χ2v) is 5.91. The summed E-state index contributed by atoms with van der Waals surface area (Å²) in [5.74, 6) is -0.689. The van der Waals surface area contributed by atoms with Crippen molar-refractivity contribution in [3.63, 3.8) is 0 Å². The Morgan fingerprint density at radius 3 is 2.27 bits per heavy atom. The van der Waals surface area contributed by atoms with Gasteiger partial charge in [-0.1, -0.05) is 64.0 Å². The summed E-state index contributed by atoms with van der Waals surface area (Å²) in [6, 6.07) is 0. The van der Waals surface area contributed by atoms with Crippen LogP contribution >= 0.6 is 0 Å². The molecule has 0 aromatic heterocycles. The number of hydrogen-bond donors (Lipinski definition) is 2. The predicted molar refractivity (Wildman–Crippen MR) is 88.5 cm³/mol. The largest absolute Gasteiger partial charge is 0.481 e. The third kappa shape index (κ3) is 19.9. The first kappa shape index (κ1) is 24.2. The first-order valence-electron chi connectivity index (χ1n) is 8.71. The minimum atomic E-state index is -0.689. The molecule has 135 valence electrons. The number of aliphatic carboxylic acids is 1. The molecule has 0 amide bonds. The first-order chi connectivity index (χ1) is 10.2. The number of hydrogen-bond acceptors (Lipinski definition) is 2. The van der Waals surface area contributed by atoms with Crippen LogP contribution in [-0.4, -0.2) is 22.3 Å². The molecule has 0 fully saturated rings. The number of allylic oxidation sites excluding steroid dienone is 1. The van der Waals surface area contributed by atoms with E-state index in [0.717, 1.165) is 51.4 Å². The van der Waals surface area contributed by atoms with Crippen LogP contribution in [0.1, 0.15) is 90.4 Å². The van der Waals surface area contributed by atoms with Crippen LogP contribution in [0.25, 0.3) is 0 Å². The molecule has 1 radical (unpaired) electrons. The average Bonchev–Trinajstić information content (AvgIpc) is 2.45. The maximum absolute atomic E-state index is 10.3. The second-order valence-electron chi connectivity index (χ2n) is 5.91. The van der Waals surface area contributed by atoms with Crippen LogP contribution in [0.5, 0.6) is 0 Å². The van der Waals surface area contributed by atoms with E-state index in [0.29, 0.717) is 6.42 Å². The van der Waals surface area contributed by atoms with Crippen molar-refractivity contribution in [3.05, 3.63) is 12.2 Å². The topological polar surface area (TPSA) is 57.5 Å². The third-order valence-corrected chi connectivity index (χ3v) is 3.73. The average molecular weight is 495 g/mol. The van der Waals surface area contributed by atoms with Crippen molar-refractivity contribution in [2.75, 3.05) is 0 Å².